The van der Waals surface area contributed by atoms with Gasteiger partial charge in [0.25, 0.3) is 0 Å². The first kappa shape index (κ1) is 12.9. The van der Waals surface area contributed by atoms with Gasteiger partial charge in [-0.25, -0.2) is 0 Å². The summed E-state index contributed by atoms with van der Waals surface area (Å²) in [7, 11) is 0. The van der Waals surface area contributed by atoms with Crippen LogP contribution in [0, 0.1) is 5.92 Å². The molecular formula is C15H22N2O2. The Morgan fingerprint density at radius 3 is 2.68 bits per heavy atom. The van der Waals surface area contributed by atoms with Crippen LogP contribution in [0.3, 0.4) is 0 Å². The lowest BCUT2D eigenvalue weighted by atomic mass is 9.87. The fourth-order valence-corrected chi connectivity index (χ4v) is 2.71. The lowest BCUT2D eigenvalue weighted by molar-refractivity contribution is 0.0536. The molecule has 0 bridgehead atoms. The van der Waals surface area contributed by atoms with Gasteiger partial charge >= 0.3 is 0 Å². The third kappa shape index (κ3) is 3.26. The lowest BCUT2D eigenvalue weighted by Crippen LogP contribution is -2.36. The van der Waals surface area contributed by atoms with Gasteiger partial charge in [-0.05, 0) is 49.3 Å². The Balaban J connectivity index is 1.73. The Kier molecular flexibility index (Phi) is 4.01. The molecule has 0 spiro atoms. The van der Waals surface area contributed by atoms with E-state index in [1.54, 1.807) is 0 Å². The van der Waals surface area contributed by atoms with Crippen LogP contribution >= 0.6 is 0 Å². The van der Waals surface area contributed by atoms with E-state index in [0.717, 1.165) is 31.8 Å². The van der Waals surface area contributed by atoms with Crippen molar-refractivity contribution >= 4 is 0 Å². The van der Waals surface area contributed by atoms with Crippen LogP contribution in [-0.2, 0) is 4.74 Å². The predicted molar refractivity (Wildman–Crippen MR) is 73.7 cm³/mol. The van der Waals surface area contributed by atoms with Crippen LogP contribution in [-0.4, -0.2) is 19.3 Å². The van der Waals surface area contributed by atoms with Crippen molar-refractivity contribution in [3.63, 3.8) is 0 Å². The van der Waals surface area contributed by atoms with Gasteiger partial charge < -0.3 is 9.47 Å². The van der Waals surface area contributed by atoms with Gasteiger partial charge in [0, 0.05) is 19.3 Å². The van der Waals surface area contributed by atoms with Crippen LogP contribution in [0.2, 0.25) is 0 Å². The maximum absolute atomic E-state index is 5.85. The molecular weight excluding hydrogens is 240 g/mol. The SMILES string of the molecule is NNC(c1cccc(OC2CC2)c1)C1CCOCC1. The van der Waals surface area contributed by atoms with Crippen molar-refractivity contribution in [1.29, 1.82) is 0 Å². The molecule has 0 radical (unpaired) electrons. The van der Waals surface area contributed by atoms with Gasteiger partial charge in [0.1, 0.15) is 5.75 Å². The first-order valence-electron chi connectivity index (χ1n) is 7.17. The molecule has 1 atom stereocenters. The fourth-order valence-electron chi connectivity index (χ4n) is 2.71. The average molecular weight is 262 g/mol. The molecule has 1 aliphatic carbocycles. The van der Waals surface area contributed by atoms with Crippen molar-refractivity contribution in [2.45, 2.75) is 37.8 Å². The molecule has 4 heteroatoms. The third-order valence-corrected chi connectivity index (χ3v) is 3.96. The summed E-state index contributed by atoms with van der Waals surface area (Å²) in [6.07, 6.45) is 4.92. The Morgan fingerprint density at radius 2 is 2.00 bits per heavy atom. The van der Waals surface area contributed by atoms with E-state index in [9.17, 15) is 0 Å². The molecule has 2 aliphatic rings. The Labute approximate surface area is 114 Å². The van der Waals surface area contributed by atoms with E-state index in [4.69, 9.17) is 15.3 Å². The molecule has 0 aromatic heterocycles. The van der Waals surface area contributed by atoms with Crippen molar-refractivity contribution in [1.82, 2.24) is 5.43 Å². The van der Waals surface area contributed by atoms with Crippen molar-refractivity contribution in [3.8, 4) is 5.75 Å². The molecule has 2 fully saturated rings. The van der Waals surface area contributed by atoms with E-state index < -0.39 is 0 Å². The number of hydrazine groups is 1. The smallest absolute Gasteiger partial charge is 0.120 e. The highest BCUT2D eigenvalue weighted by Crippen LogP contribution is 2.32. The number of nitrogens with one attached hydrogen (secondary N) is 1. The number of ether oxygens (including phenoxy) is 2. The van der Waals surface area contributed by atoms with E-state index in [0.29, 0.717) is 12.0 Å². The molecule has 1 aliphatic heterocycles. The summed E-state index contributed by atoms with van der Waals surface area (Å²) < 4.78 is 11.3. The van der Waals surface area contributed by atoms with E-state index in [1.807, 2.05) is 6.07 Å². The van der Waals surface area contributed by atoms with Crippen molar-refractivity contribution in [2.75, 3.05) is 13.2 Å². The molecule has 1 unspecified atom stereocenters. The molecule has 1 heterocycles. The average Bonchev–Trinajstić information content (AvgIpc) is 3.25. The Hall–Kier alpha value is -1.10. The van der Waals surface area contributed by atoms with E-state index in [-0.39, 0.29) is 6.04 Å². The molecule has 3 N–H and O–H groups in total. The molecule has 1 aromatic carbocycles. The van der Waals surface area contributed by atoms with Gasteiger partial charge in [-0.2, -0.15) is 0 Å². The summed E-state index contributed by atoms with van der Waals surface area (Å²) >= 11 is 0. The Morgan fingerprint density at radius 1 is 1.21 bits per heavy atom. The normalized spacial score (nSPS) is 22.2. The molecule has 3 rings (SSSR count). The van der Waals surface area contributed by atoms with E-state index >= 15 is 0 Å². The molecule has 4 nitrogen and oxygen atoms in total. The first-order chi connectivity index (χ1) is 9.36. The monoisotopic (exact) mass is 262 g/mol. The fraction of sp³-hybridized carbons (Fsp3) is 0.600. The van der Waals surface area contributed by atoms with Gasteiger partial charge in [0.2, 0.25) is 0 Å². The van der Waals surface area contributed by atoms with E-state index in [1.165, 1.54) is 18.4 Å². The summed E-state index contributed by atoms with van der Waals surface area (Å²) in [5.74, 6) is 7.27. The van der Waals surface area contributed by atoms with Crippen LogP contribution in [0.15, 0.2) is 24.3 Å². The van der Waals surface area contributed by atoms with Gasteiger partial charge in [0.15, 0.2) is 0 Å². The van der Waals surface area contributed by atoms with Gasteiger partial charge in [-0.15, -0.1) is 0 Å². The lowest BCUT2D eigenvalue weighted by Gasteiger charge is -2.30. The van der Waals surface area contributed by atoms with E-state index in [2.05, 4.69) is 23.6 Å². The van der Waals surface area contributed by atoms with Crippen LogP contribution in [0.5, 0.6) is 5.75 Å². The van der Waals surface area contributed by atoms with Crippen molar-refractivity contribution in [2.24, 2.45) is 11.8 Å². The number of hydrogen-bond donors (Lipinski definition) is 2. The van der Waals surface area contributed by atoms with Crippen LogP contribution in [0.4, 0.5) is 0 Å². The number of nitrogens with two attached hydrogens (primary N) is 1. The summed E-state index contributed by atoms with van der Waals surface area (Å²) in [5.41, 5.74) is 4.19. The third-order valence-electron chi connectivity index (χ3n) is 3.96. The topological polar surface area (TPSA) is 56.5 Å². The molecule has 104 valence electrons. The molecule has 19 heavy (non-hydrogen) atoms. The van der Waals surface area contributed by atoms with Crippen molar-refractivity contribution in [3.05, 3.63) is 29.8 Å². The standard InChI is InChI=1S/C15H22N2O2/c16-17-15(11-6-8-18-9-7-11)12-2-1-3-14(10-12)19-13-4-5-13/h1-3,10-11,13,15,17H,4-9,16H2. The molecule has 1 saturated heterocycles. The molecule has 0 amide bonds. The first-order valence-corrected chi connectivity index (χ1v) is 7.17. The largest absolute Gasteiger partial charge is 0.490 e. The minimum Gasteiger partial charge on any atom is -0.490 e. The van der Waals surface area contributed by atoms with Crippen LogP contribution < -0.4 is 16.0 Å². The summed E-state index contributed by atoms with van der Waals surface area (Å²) in [4.78, 5) is 0. The zero-order valence-corrected chi connectivity index (χ0v) is 11.2. The number of benzene rings is 1. The minimum absolute atomic E-state index is 0.187. The maximum atomic E-state index is 5.85. The van der Waals surface area contributed by atoms with Crippen LogP contribution in [0.1, 0.15) is 37.3 Å². The summed E-state index contributed by atoms with van der Waals surface area (Å²) in [6, 6.07) is 8.51. The second kappa shape index (κ2) is 5.90. The predicted octanol–water partition coefficient (Wildman–Crippen LogP) is 2.16. The quantitative estimate of drug-likeness (QED) is 0.630. The maximum Gasteiger partial charge on any atom is 0.120 e. The van der Waals surface area contributed by atoms with Gasteiger partial charge in [0.05, 0.1) is 6.10 Å². The molecule has 1 saturated carbocycles. The van der Waals surface area contributed by atoms with Crippen molar-refractivity contribution < 1.29 is 9.47 Å². The molecule has 1 aromatic rings. The second-order valence-electron chi connectivity index (χ2n) is 5.48. The van der Waals surface area contributed by atoms with Gasteiger partial charge in [-0.1, -0.05) is 12.1 Å². The summed E-state index contributed by atoms with van der Waals surface area (Å²) in [5, 5.41) is 0. The van der Waals surface area contributed by atoms with Gasteiger partial charge in [-0.3, -0.25) is 11.3 Å². The van der Waals surface area contributed by atoms with Crippen LogP contribution in [0.25, 0.3) is 0 Å². The minimum atomic E-state index is 0.187. The Bertz CT molecular complexity index is 414. The zero-order valence-electron chi connectivity index (χ0n) is 11.2. The number of rotatable bonds is 5. The number of hydrogen-bond acceptors (Lipinski definition) is 4. The zero-order chi connectivity index (χ0) is 13.1. The summed E-state index contributed by atoms with van der Waals surface area (Å²) in [6.45, 7) is 1.67. The highest BCUT2D eigenvalue weighted by atomic mass is 16.5. The highest BCUT2D eigenvalue weighted by molar-refractivity contribution is 5.31. The highest BCUT2D eigenvalue weighted by Gasteiger charge is 2.26. The second-order valence-corrected chi connectivity index (χ2v) is 5.48.